The van der Waals surface area contributed by atoms with Crippen LogP contribution in [0.25, 0.3) is 10.9 Å². The highest BCUT2D eigenvalue weighted by molar-refractivity contribution is 6.22. The summed E-state index contributed by atoms with van der Waals surface area (Å²) >= 11 is 0. The van der Waals surface area contributed by atoms with Crippen LogP contribution in [0.5, 0.6) is 5.88 Å². The van der Waals surface area contributed by atoms with Crippen LogP contribution in [0.2, 0.25) is 0 Å². The van der Waals surface area contributed by atoms with Crippen molar-refractivity contribution >= 4 is 33.9 Å². The van der Waals surface area contributed by atoms with Crippen molar-refractivity contribution in [2.24, 2.45) is 10.9 Å². The Morgan fingerprint density at radius 3 is 2.42 bits per heavy atom. The van der Waals surface area contributed by atoms with Gasteiger partial charge in [-0.25, -0.2) is 4.99 Å². The van der Waals surface area contributed by atoms with Gasteiger partial charge in [-0.3, -0.25) is 14.9 Å². The number of carbonyl (C=O) groups is 1. The van der Waals surface area contributed by atoms with Crippen LogP contribution in [-0.2, 0) is 11.2 Å². The normalized spacial score (nSPS) is 14.9. The minimum Gasteiger partial charge on any atom is -0.494 e. The Morgan fingerprint density at radius 2 is 1.77 bits per heavy atom. The molecule has 1 amide bonds. The van der Waals surface area contributed by atoms with Crippen LogP contribution < -0.4 is 0 Å². The number of aliphatic imine (C=N–C) groups is 1. The van der Waals surface area contributed by atoms with Crippen LogP contribution in [0.15, 0.2) is 77.8 Å². The highest BCUT2D eigenvalue weighted by atomic mass is 16.6. The zero-order valence-electron chi connectivity index (χ0n) is 22.7. The van der Waals surface area contributed by atoms with Gasteiger partial charge in [-0.05, 0) is 56.1 Å². The number of piperidine rings is 1. The van der Waals surface area contributed by atoms with Crippen LogP contribution in [0, 0.1) is 16.0 Å². The fourth-order valence-corrected chi connectivity index (χ4v) is 5.30. The van der Waals surface area contributed by atoms with Gasteiger partial charge in [-0.1, -0.05) is 42.5 Å². The summed E-state index contributed by atoms with van der Waals surface area (Å²) in [5.74, 6) is 0.264. The molecular formula is C31H33N5O4. The van der Waals surface area contributed by atoms with Gasteiger partial charge < -0.3 is 19.9 Å². The molecule has 0 bridgehead atoms. The number of benzene rings is 3. The number of likely N-dealkylation sites (tertiary alicyclic amines) is 1. The maximum Gasteiger partial charge on any atom is 0.270 e. The average Bonchev–Trinajstić information content (AvgIpc) is 3.30. The number of hydrogen-bond acceptors (Lipinski definition) is 6. The van der Waals surface area contributed by atoms with Crippen molar-refractivity contribution in [2.75, 3.05) is 33.7 Å². The lowest BCUT2D eigenvalue weighted by atomic mass is 9.95. The Kier molecular flexibility index (Phi) is 7.93. The van der Waals surface area contributed by atoms with E-state index in [0.29, 0.717) is 27.9 Å². The second-order valence-electron chi connectivity index (χ2n) is 10.4. The summed E-state index contributed by atoms with van der Waals surface area (Å²) in [7, 11) is 3.64. The first-order chi connectivity index (χ1) is 19.3. The standard InChI is InChI=1S/C31H33N5O4/c1-34(2)31(38)23-15-18-35(19-16-23)17-14-21-8-10-24(11-9-21)32-29(22-6-4-3-5-7-22)28-26-20-25(36(39)40)12-13-27(26)33-30(28)37/h3-13,20,23,33,37H,14-19H2,1-2H3. The zero-order valence-corrected chi connectivity index (χ0v) is 22.7. The predicted molar refractivity (Wildman–Crippen MR) is 156 cm³/mol. The Morgan fingerprint density at radius 1 is 1.07 bits per heavy atom. The molecule has 0 aliphatic carbocycles. The van der Waals surface area contributed by atoms with E-state index in [2.05, 4.69) is 22.0 Å². The first kappa shape index (κ1) is 27.1. The highest BCUT2D eigenvalue weighted by Gasteiger charge is 2.26. The largest absolute Gasteiger partial charge is 0.494 e. The van der Waals surface area contributed by atoms with E-state index >= 15 is 0 Å². The third kappa shape index (κ3) is 5.89. The number of aromatic amines is 1. The summed E-state index contributed by atoms with van der Waals surface area (Å²) in [6, 6.07) is 22.0. The lowest BCUT2D eigenvalue weighted by Crippen LogP contribution is -2.40. The van der Waals surface area contributed by atoms with Gasteiger partial charge in [0.05, 0.1) is 21.9 Å². The number of non-ortho nitro benzene ring substituents is 1. The molecule has 206 valence electrons. The van der Waals surface area contributed by atoms with Crippen LogP contribution in [0.4, 0.5) is 11.4 Å². The Balaban J connectivity index is 1.36. The molecule has 3 aromatic carbocycles. The van der Waals surface area contributed by atoms with E-state index in [1.807, 2.05) is 56.6 Å². The quantitative estimate of drug-likeness (QED) is 0.179. The molecule has 1 aliphatic rings. The van der Waals surface area contributed by atoms with E-state index in [1.54, 1.807) is 11.0 Å². The fourth-order valence-electron chi connectivity index (χ4n) is 5.30. The highest BCUT2D eigenvalue weighted by Crippen LogP contribution is 2.33. The molecule has 0 unspecified atom stereocenters. The number of hydrogen-bond donors (Lipinski definition) is 2. The van der Waals surface area contributed by atoms with Gasteiger partial charge in [0.1, 0.15) is 0 Å². The fraction of sp³-hybridized carbons (Fsp3) is 0.290. The van der Waals surface area contributed by atoms with Gasteiger partial charge >= 0.3 is 0 Å². The monoisotopic (exact) mass is 539 g/mol. The minimum absolute atomic E-state index is 0.0574. The summed E-state index contributed by atoms with van der Waals surface area (Å²) in [5.41, 5.74) is 4.16. The number of nitrogens with zero attached hydrogens (tertiary/aromatic N) is 4. The molecule has 1 saturated heterocycles. The van der Waals surface area contributed by atoms with Crippen LogP contribution in [0.1, 0.15) is 29.5 Å². The number of carbonyl (C=O) groups excluding carboxylic acids is 1. The average molecular weight is 540 g/mol. The van der Waals surface area contributed by atoms with E-state index in [4.69, 9.17) is 4.99 Å². The van der Waals surface area contributed by atoms with Crippen molar-refractivity contribution < 1.29 is 14.8 Å². The van der Waals surface area contributed by atoms with E-state index in [1.165, 1.54) is 17.7 Å². The summed E-state index contributed by atoms with van der Waals surface area (Å²) in [6.07, 6.45) is 2.70. The predicted octanol–water partition coefficient (Wildman–Crippen LogP) is 5.29. The molecule has 40 heavy (non-hydrogen) atoms. The van der Waals surface area contributed by atoms with Crippen molar-refractivity contribution in [3.63, 3.8) is 0 Å². The van der Waals surface area contributed by atoms with Crippen molar-refractivity contribution in [3.8, 4) is 5.88 Å². The van der Waals surface area contributed by atoms with Crippen molar-refractivity contribution in [1.82, 2.24) is 14.8 Å². The molecule has 9 heteroatoms. The molecule has 5 rings (SSSR count). The van der Waals surface area contributed by atoms with Crippen molar-refractivity contribution in [2.45, 2.75) is 19.3 Å². The number of aromatic hydroxyl groups is 1. The lowest BCUT2D eigenvalue weighted by Gasteiger charge is -2.32. The number of nitro groups is 1. The molecule has 1 aromatic heterocycles. The molecular weight excluding hydrogens is 506 g/mol. The topological polar surface area (TPSA) is 115 Å². The summed E-state index contributed by atoms with van der Waals surface area (Å²) in [4.78, 5) is 35.2. The third-order valence-corrected chi connectivity index (χ3v) is 7.53. The SMILES string of the molecule is CN(C)C(=O)C1CCN(CCc2ccc(N=C(c3ccccc3)c3c(O)[nH]c4ccc([N+](=O)[O-])cc34)cc2)CC1. The number of nitrogens with one attached hydrogen (secondary N) is 1. The maximum absolute atomic E-state index is 12.2. The molecule has 1 fully saturated rings. The number of rotatable bonds is 8. The molecule has 9 nitrogen and oxygen atoms in total. The smallest absolute Gasteiger partial charge is 0.270 e. The molecule has 0 saturated carbocycles. The van der Waals surface area contributed by atoms with Gasteiger partial charge in [0.25, 0.3) is 5.69 Å². The number of amides is 1. The van der Waals surface area contributed by atoms with E-state index < -0.39 is 4.92 Å². The first-order valence-corrected chi connectivity index (χ1v) is 13.5. The first-order valence-electron chi connectivity index (χ1n) is 13.5. The van der Waals surface area contributed by atoms with E-state index in [9.17, 15) is 20.0 Å². The maximum atomic E-state index is 12.2. The zero-order chi connectivity index (χ0) is 28.2. The lowest BCUT2D eigenvalue weighted by molar-refractivity contribution is -0.384. The van der Waals surface area contributed by atoms with Gasteiger partial charge in [0.15, 0.2) is 5.88 Å². The van der Waals surface area contributed by atoms with Gasteiger partial charge in [-0.2, -0.15) is 0 Å². The molecule has 1 aliphatic heterocycles. The van der Waals surface area contributed by atoms with Gasteiger partial charge in [0.2, 0.25) is 5.91 Å². The van der Waals surface area contributed by atoms with Crippen molar-refractivity contribution in [3.05, 3.63) is 99.6 Å². The number of fused-ring (bicyclic) bond motifs is 1. The van der Waals surface area contributed by atoms with Gasteiger partial charge in [0, 0.05) is 55.2 Å². The Bertz CT molecular complexity index is 1540. The third-order valence-electron chi connectivity index (χ3n) is 7.53. The number of nitro benzene ring substituents is 1. The second kappa shape index (κ2) is 11.7. The van der Waals surface area contributed by atoms with Crippen LogP contribution in [0.3, 0.4) is 0 Å². The second-order valence-corrected chi connectivity index (χ2v) is 10.4. The molecule has 2 heterocycles. The van der Waals surface area contributed by atoms with Crippen LogP contribution in [-0.4, -0.2) is 70.2 Å². The molecule has 4 aromatic rings. The summed E-state index contributed by atoms with van der Waals surface area (Å²) in [6.45, 7) is 2.79. The molecule has 2 N–H and O–H groups in total. The molecule has 0 spiro atoms. The van der Waals surface area contributed by atoms with Gasteiger partial charge in [-0.15, -0.1) is 0 Å². The number of H-pyrrole nitrogens is 1. The van der Waals surface area contributed by atoms with E-state index in [0.717, 1.165) is 44.5 Å². The molecule has 0 radical (unpaired) electrons. The molecule has 0 atom stereocenters. The summed E-state index contributed by atoms with van der Waals surface area (Å²) < 4.78 is 0. The minimum atomic E-state index is -0.448. The Hall–Kier alpha value is -4.50. The van der Waals surface area contributed by atoms with Crippen LogP contribution >= 0.6 is 0 Å². The van der Waals surface area contributed by atoms with Crippen molar-refractivity contribution in [1.29, 1.82) is 0 Å². The summed E-state index contributed by atoms with van der Waals surface area (Å²) in [5, 5.41) is 22.8. The number of aromatic nitrogens is 1. The van der Waals surface area contributed by atoms with E-state index in [-0.39, 0.29) is 23.4 Å². The Labute approximate surface area is 232 Å².